The largest absolute Gasteiger partial charge is 0.395 e. The topological polar surface area (TPSA) is 78.9 Å². The van der Waals surface area contributed by atoms with Gasteiger partial charge in [0.25, 0.3) is 10.2 Å². The third-order valence-corrected chi connectivity index (χ3v) is 5.34. The molecular formula is C12H24N2O4S. The molecule has 6 nitrogen and oxygen atoms in total. The Bertz CT molecular complexity index is 370. The lowest BCUT2D eigenvalue weighted by Gasteiger charge is -2.33. The molecule has 0 radical (unpaired) electrons. The predicted octanol–water partition coefficient (Wildman–Crippen LogP) is 0.0942. The molecule has 2 aliphatic rings. The summed E-state index contributed by atoms with van der Waals surface area (Å²) in [5, 5.41) is 9.24. The van der Waals surface area contributed by atoms with Crippen LogP contribution in [0.5, 0.6) is 0 Å². The minimum absolute atomic E-state index is 0.112. The first kappa shape index (κ1) is 15.2. The molecule has 19 heavy (non-hydrogen) atoms. The number of rotatable bonds is 8. The van der Waals surface area contributed by atoms with E-state index in [9.17, 15) is 13.5 Å². The number of ether oxygens (including phenoxy) is 1. The Morgan fingerprint density at radius 3 is 2.74 bits per heavy atom. The minimum Gasteiger partial charge on any atom is -0.395 e. The SMILES string of the molecule is O=S(=O)(NCCOCC1CC1)N1CCCCC1CO. The summed E-state index contributed by atoms with van der Waals surface area (Å²) in [5.74, 6) is 0.692. The van der Waals surface area contributed by atoms with Crippen LogP contribution in [0.15, 0.2) is 0 Å². The number of nitrogens with zero attached hydrogens (tertiary/aromatic N) is 1. The normalized spacial score (nSPS) is 25.6. The van der Waals surface area contributed by atoms with Crippen molar-refractivity contribution in [3.8, 4) is 0 Å². The molecule has 0 bridgehead atoms. The number of hydrogen-bond acceptors (Lipinski definition) is 4. The lowest BCUT2D eigenvalue weighted by Crippen LogP contribution is -2.50. The summed E-state index contributed by atoms with van der Waals surface area (Å²) in [6.07, 6.45) is 5.03. The van der Waals surface area contributed by atoms with Gasteiger partial charge in [0.05, 0.1) is 13.2 Å². The molecule has 1 atom stereocenters. The van der Waals surface area contributed by atoms with E-state index in [1.54, 1.807) is 0 Å². The molecule has 1 heterocycles. The quantitative estimate of drug-likeness (QED) is 0.622. The van der Waals surface area contributed by atoms with E-state index in [1.165, 1.54) is 17.1 Å². The van der Waals surface area contributed by atoms with Crippen LogP contribution in [-0.2, 0) is 14.9 Å². The van der Waals surface area contributed by atoms with Gasteiger partial charge in [-0.05, 0) is 31.6 Å². The molecule has 0 amide bonds. The zero-order valence-corrected chi connectivity index (χ0v) is 12.1. The number of aliphatic hydroxyl groups is 1. The van der Waals surface area contributed by atoms with Crippen molar-refractivity contribution in [3.63, 3.8) is 0 Å². The van der Waals surface area contributed by atoms with E-state index in [1.807, 2.05) is 0 Å². The van der Waals surface area contributed by atoms with Gasteiger partial charge in [0.2, 0.25) is 0 Å². The Morgan fingerprint density at radius 1 is 1.26 bits per heavy atom. The van der Waals surface area contributed by atoms with Crippen LogP contribution in [0.3, 0.4) is 0 Å². The summed E-state index contributed by atoms with van der Waals surface area (Å²) in [4.78, 5) is 0. The number of nitrogens with one attached hydrogen (secondary N) is 1. The predicted molar refractivity (Wildman–Crippen MR) is 71.9 cm³/mol. The van der Waals surface area contributed by atoms with Crippen molar-refractivity contribution in [3.05, 3.63) is 0 Å². The van der Waals surface area contributed by atoms with Crippen molar-refractivity contribution in [1.29, 1.82) is 0 Å². The number of aliphatic hydroxyl groups excluding tert-OH is 1. The van der Waals surface area contributed by atoms with Gasteiger partial charge in [0, 0.05) is 25.7 Å². The molecule has 0 aromatic carbocycles. The monoisotopic (exact) mass is 292 g/mol. The molecule has 1 saturated heterocycles. The minimum atomic E-state index is -3.49. The molecule has 0 aromatic rings. The Morgan fingerprint density at radius 2 is 2.05 bits per heavy atom. The Hall–Kier alpha value is -0.210. The number of hydrogen-bond donors (Lipinski definition) is 2. The Labute approximate surface area is 115 Å². The molecule has 1 aliphatic carbocycles. The third-order valence-electron chi connectivity index (χ3n) is 3.67. The zero-order chi connectivity index (χ0) is 13.7. The molecule has 2 fully saturated rings. The maximum absolute atomic E-state index is 12.1. The second kappa shape index (κ2) is 6.99. The highest BCUT2D eigenvalue weighted by atomic mass is 32.2. The fourth-order valence-electron chi connectivity index (χ4n) is 2.33. The average Bonchev–Trinajstić information content (AvgIpc) is 3.22. The summed E-state index contributed by atoms with van der Waals surface area (Å²) in [7, 11) is -3.49. The van der Waals surface area contributed by atoms with Crippen molar-refractivity contribution in [2.24, 2.45) is 5.92 Å². The van der Waals surface area contributed by atoms with E-state index in [0.29, 0.717) is 25.6 Å². The molecule has 1 aliphatic heterocycles. The maximum Gasteiger partial charge on any atom is 0.279 e. The van der Waals surface area contributed by atoms with E-state index in [0.717, 1.165) is 25.9 Å². The first-order chi connectivity index (χ1) is 9.13. The van der Waals surface area contributed by atoms with Gasteiger partial charge in [0.15, 0.2) is 0 Å². The van der Waals surface area contributed by atoms with Crippen LogP contribution in [0, 0.1) is 5.92 Å². The number of piperidine rings is 1. The van der Waals surface area contributed by atoms with Gasteiger partial charge < -0.3 is 9.84 Å². The van der Waals surface area contributed by atoms with E-state index < -0.39 is 10.2 Å². The van der Waals surface area contributed by atoms with Gasteiger partial charge in [-0.2, -0.15) is 17.4 Å². The van der Waals surface area contributed by atoms with Crippen molar-refractivity contribution < 1.29 is 18.3 Å². The zero-order valence-electron chi connectivity index (χ0n) is 11.3. The second-order valence-corrected chi connectivity index (χ2v) is 7.07. The average molecular weight is 292 g/mol. The van der Waals surface area contributed by atoms with Crippen molar-refractivity contribution >= 4 is 10.2 Å². The molecule has 1 saturated carbocycles. The van der Waals surface area contributed by atoms with Crippen molar-refractivity contribution in [2.75, 3.05) is 32.9 Å². The van der Waals surface area contributed by atoms with Gasteiger partial charge in [-0.25, -0.2) is 0 Å². The van der Waals surface area contributed by atoms with Crippen LogP contribution >= 0.6 is 0 Å². The van der Waals surface area contributed by atoms with E-state index >= 15 is 0 Å². The smallest absolute Gasteiger partial charge is 0.279 e. The van der Waals surface area contributed by atoms with E-state index in [2.05, 4.69) is 4.72 Å². The highest BCUT2D eigenvalue weighted by Gasteiger charge is 2.31. The fraction of sp³-hybridized carbons (Fsp3) is 1.00. The lowest BCUT2D eigenvalue weighted by atomic mass is 10.1. The van der Waals surface area contributed by atoms with Crippen LogP contribution in [0.25, 0.3) is 0 Å². The van der Waals surface area contributed by atoms with Gasteiger partial charge in [-0.15, -0.1) is 0 Å². The first-order valence-corrected chi connectivity index (χ1v) is 8.52. The van der Waals surface area contributed by atoms with Crippen molar-refractivity contribution in [2.45, 2.75) is 38.1 Å². The molecule has 7 heteroatoms. The summed E-state index contributed by atoms with van der Waals surface area (Å²) < 4.78 is 33.6. The molecule has 112 valence electrons. The third kappa shape index (κ3) is 4.68. The van der Waals surface area contributed by atoms with Gasteiger partial charge in [-0.3, -0.25) is 0 Å². The summed E-state index contributed by atoms with van der Waals surface area (Å²) in [6, 6.07) is -0.279. The van der Waals surface area contributed by atoms with E-state index in [-0.39, 0.29) is 12.6 Å². The fourth-order valence-corrected chi connectivity index (χ4v) is 3.77. The van der Waals surface area contributed by atoms with Crippen LogP contribution in [-0.4, -0.2) is 56.8 Å². The van der Waals surface area contributed by atoms with Gasteiger partial charge in [-0.1, -0.05) is 6.42 Å². The van der Waals surface area contributed by atoms with Crippen LogP contribution in [0.1, 0.15) is 32.1 Å². The molecular weight excluding hydrogens is 268 g/mol. The van der Waals surface area contributed by atoms with E-state index in [4.69, 9.17) is 4.74 Å². The molecule has 2 N–H and O–H groups in total. The summed E-state index contributed by atoms with van der Waals surface area (Å²) in [5.41, 5.74) is 0. The molecule has 2 rings (SSSR count). The Kier molecular flexibility index (Phi) is 5.58. The molecule has 0 spiro atoms. The lowest BCUT2D eigenvalue weighted by molar-refractivity contribution is 0.127. The van der Waals surface area contributed by atoms with Crippen molar-refractivity contribution in [1.82, 2.24) is 9.03 Å². The van der Waals surface area contributed by atoms with Gasteiger partial charge >= 0.3 is 0 Å². The van der Waals surface area contributed by atoms with Crippen LogP contribution in [0.2, 0.25) is 0 Å². The maximum atomic E-state index is 12.1. The second-order valence-electron chi connectivity index (χ2n) is 5.36. The van der Waals surface area contributed by atoms with Crippen LogP contribution in [0.4, 0.5) is 0 Å². The molecule has 0 aromatic heterocycles. The Balaban J connectivity index is 1.72. The summed E-state index contributed by atoms with van der Waals surface area (Å²) >= 11 is 0. The standard InChI is InChI=1S/C12H24N2O4S/c15-9-12-3-1-2-7-14(12)19(16,17)13-6-8-18-10-11-4-5-11/h11-13,15H,1-10H2. The first-order valence-electron chi connectivity index (χ1n) is 7.08. The highest BCUT2D eigenvalue weighted by molar-refractivity contribution is 7.87. The van der Waals surface area contributed by atoms with Crippen LogP contribution < -0.4 is 4.72 Å². The van der Waals surface area contributed by atoms with Gasteiger partial charge in [0.1, 0.15) is 0 Å². The summed E-state index contributed by atoms with van der Waals surface area (Å²) in [6.45, 7) is 1.82. The highest BCUT2D eigenvalue weighted by Crippen LogP contribution is 2.28. The molecule has 1 unspecified atom stereocenters.